The number of thioether (sulfide) groups is 1. The summed E-state index contributed by atoms with van der Waals surface area (Å²) in [4.78, 5) is 32.9. The standard InChI is InChI=1S/C23H25ClN4O4S/c1-4-26(5-2)12-13-27-22(29)21(15-16-6-11-19(24)20(14-16)28(30)31)33-23(27)25-17-7-9-18(32-3)10-8-17/h6-11,14-15H,4-5,12-13H2,1-3H3/b21-15+,25-23?. The van der Waals surface area contributed by atoms with Crippen molar-refractivity contribution in [2.75, 3.05) is 33.3 Å². The molecule has 8 nitrogen and oxygen atoms in total. The number of hydrogen-bond acceptors (Lipinski definition) is 7. The smallest absolute Gasteiger partial charge is 0.288 e. The first-order chi connectivity index (χ1) is 15.9. The van der Waals surface area contributed by atoms with Gasteiger partial charge in [0, 0.05) is 19.2 Å². The Balaban J connectivity index is 1.94. The number of amidine groups is 1. The van der Waals surface area contributed by atoms with Crippen LogP contribution in [-0.2, 0) is 4.79 Å². The van der Waals surface area contributed by atoms with E-state index in [1.807, 2.05) is 24.3 Å². The van der Waals surface area contributed by atoms with E-state index in [4.69, 9.17) is 16.3 Å². The number of rotatable bonds is 9. The second-order valence-corrected chi connectivity index (χ2v) is 8.57. The highest BCUT2D eigenvalue weighted by atomic mass is 35.5. The van der Waals surface area contributed by atoms with Gasteiger partial charge in [-0.1, -0.05) is 31.5 Å². The molecule has 33 heavy (non-hydrogen) atoms. The number of ether oxygens (including phenoxy) is 1. The second-order valence-electron chi connectivity index (χ2n) is 7.15. The third-order valence-corrected chi connectivity index (χ3v) is 6.51. The largest absolute Gasteiger partial charge is 0.497 e. The molecule has 2 aromatic carbocycles. The molecule has 1 fully saturated rings. The fourth-order valence-corrected chi connectivity index (χ4v) is 4.46. The third-order valence-electron chi connectivity index (χ3n) is 5.18. The number of halogens is 1. The van der Waals surface area contributed by atoms with E-state index in [9.17, 15) is 14.9 Å². The molecule has 0 saturated carbocycles. The molecule has 1 saturated heterocycles. The summed E-state index contributed by atoms with van der Waals surface area (Å²) in [6.07, 6.45) is 1.64. The van der Waals surface area contributed by atoms with Gasteiger partial charge in [0.05, 0.1) is 22.6 Å². The van der Waals surface area contributed by atoms with Crippen LogP contribution in [0.2, 0.25) is 5.02 Å². The molecule has 2 aromatic rings. The van der Waals surface area contributed by atoms with Crippen LogP contribution < -0.4 is 4.74 Å². The summed E-state index contributed by atoms with van der Waals surface area (Å²) in [6.45, 7) is 7.12. The predicted molar refractivity (Wildman–Crippen MR) is 133 cm³/mol. The highest BCUT2D eigenvalue weighted by Crippen LogP contribution is 2.35. The molecule has 3 rings (SSSR count). The van der Waals surface area contributed by atoms with E-state index < -0.39 is 4.92 Å². The van der Waals surface area contributed by atoms with E-state index in [1.54, 1.807) is 24.2 Å². The summed E-state index contributed by atoms with van der Waals surface area (Å²) in [5.41, 5.74) is 1.02. The summed E-state index contributed by atoms with van der Waals surface area (Å²) >= 11 is 7.16. The monoisotopic (exact) mass is 488 g/mol. The molecule has 1 amide bonds. The summed E-state index contributed by atoms with van der Waals surface area (Å²) in [5, 5.41) is 11.8. The Morgan fingerprint density at radius 1 is 1.21 bits per heavy atom. The zero-order valence-electron chi connectivity index (χ0n) is 18.7. The SMILES string of the molecule is CCN(CC)CCN1C(=O)/C(=C\c2ccc(Cl)c([N+](=O)[O-])c2)SC1=Nc1ccc(OC)cc1. The highest BCUT2D eigenvalue weighted by Gasteiger charge is 2.33. The van der Waals surface area contributed by atoms with Crippen molar-refractivity contribution in [2.24, 2.45) is 4.99 Å². The van der Waals surface area contributed by atoms with Gasteiger partial charge in [-0.25, -0.2) is 4.99 Å². The fraction of sp³-hybridized carbons (Fsp3) is 0.304. The maximum absolute atomic E-state index is 13.2. The average Bonchev–Trinajstić information content (AvgIpc) is 3.10. The van der Waals surface area contributed by atoms with E-state index in [1.165, 1.54) is 23.9 Å². The molecule has 0 N–H and O–H groups in total. The van der Waals surface area contributed by atoms with Gasteiger partial charge in [-0.15, -0.1) is 0 Å². The van der Waals surface area contributed by atoms with Crippen LogP contribution in [0.5, 0.6) is 5.75 Å². The molecular weight excluding hydrogens is 464 g/mol. The molecule has 1 aliphatic rings. The van der Waals surface area contributed by atoms with Crippen LogP contribution in [0.25, 0.3) is 6.08 Å². The number of amides is 1. The maximum Gasteiger partial charge on any atom is 0.288 e. The van der Waals surface area contributed by atoms with Crippen molar-refractivity contribution in [3.8, 4) is 5.75 Å². The zero-order chi connectivity index (χ0) is 24.0. The number of carbonyl (C=O) groups is 1. The first-order valence-corrected chi connectivity index (χ1v) is 11.7. The molecule has 0 radical (unpaired) electrons. The minimum absolute atomic E-state index is 0.0511. The minimum atomic E-state index is -0.541. The minimum Gasteiger partial charge on any atom is -0.497 e. The van der Waals surface area contributed by atoms with Gasteiger partial charge in [0.2, 0.25) is 0 Å². The third kappa shape index (κ3) is 6.13. The van der Waals surface area contributed by atoms with Crippen molar-refractivity contribution >= 4 is 51.9 Å². The van der Waals surface area contributed by atoms with Gasteiger partial charge in [0.1, 0.15) is 10.8 Å². The van der Waals surface area contributed by atoms with E-state index in [-0.39, 0.29) is 16.6 Å². The summed E-state index contributed by atoms with van der Waals surface area (Å²) < 4.78 is 5.20. The lowest BCUT2D eigenvalue weighted by molar-refractivity contribution is -0.384. The predicted octanol–water partition coefficient (Wildman–Crippen LogP) is 5.20. The molecule has 0 unspecified atom stereocenters. The number of hydrogen-bond donors (Lipinski definition) is 0. The van der Waals surface area contributed by atoms with Gasteiger partial charge in [-0.3, -0.25) is 19.8 Å². The lowest BCUT2D eigenvalue weighted by Crippen LogP contribution is -2.37. The number of carbonyl (C=O) groups excluding carboxylic acids is 1. The number of nitro groups is 1. The first-order valence-electron chi connectivity index (χ1n) is 10.5. The second kappa shape index (κ2) is 11.3. The maximum atomic E-state index is 13.2. The van der Waals surface area contributed by atoms with E-state index in [0.29, 0.717) is 34.4 Å². The zero-order valence-corrected chi connectivity index (χ0v) is 20.2. The van der Waals surface area contributed by atoms with Crippen molar-refractivity contribution in [3.63, 3.8) is 0 Å². The Morgan fingerprint density at radius 2 is 1.91 bits per heavy atom. The van der Waals surface area contributed by atoms with Crippen LogP contribution in [0.15, 0.2) is 52.4 Å². The Hall–Kier alpha value is -2.88. The van der Waals surface area contributed by atoms with Crippen LogP contribution >= 0.6 is 23.4 Å². The Labute approximate surface area is 202 Å². The molecule has 0 aromatic heterocycles. The quantitative estimate of drug-likeness (QED) is 0.274. The summed E-state index contributed by atoms with van der Waals surface area (Å²) in [7, 11) is 1.60. The fourth-order valence-electron chi connectivity index (χ4n) is 3.25. The molecular formula is C23H25ClN4O4S. The van der Waals surface area contributed by atoms with Crippen molar-refractivity contribution < 1.29 is 14.5 Å². The van der Waals surface area contributed by atoms with Gasteiger partial charge >= 0.3 is 0 Å². The highest BCUT2D eigenvalue weighted by molar-refractivity contribution is 8.18. The molecule has 10 heteroatoms. The van der Waals surface area contributed by atoms with E-state index in [0.717, 1.165) is 18.8 Å². The van der Waals surface area contributed by atoms with Gasteiger partial charge in [0.15, 0.2) is 5.17 Å². The van der Waals surface area contributed by atoms with Crippen LogP contribution in [0.1, 0.15) is 19.4 Å². The summed E-state index contributed by atoms with van der Waals surface area (Å²) in [6, 6.07) is 11.7. The summed E-state index contributed by atoms with van der Waals surface area (Å²) in [5.74, 6) is 0.537. The van der Waals surface area contributed by atoms with Crippen molar-refractivity contribution in [2.45, 2.75) is 13.8 Å². The number of aliphatic imine (C=N–C) groups is 1. The first kappa shape index (κ1) is 24.8. The van der Waals surface area contributed by atoms with Crippen LogP contribution in [0.3, 0.4) is 0 Å². The molecule has 1 heterocycles. The molecule has 0 spiro atoms. The van der Waals surface area contributed by atoms with Crippen molar-refractivity contribution in [3.05, 3.63) is 68.1 Å². The van der Waals surface area contributed by atoms with Gasteiger partial charge in [0.25, 0.3) is 11.6 Å². The van der Waals surface area contributed by atoms with Gasteiger partial charge < -0.3 is 9.64 Å². The molecule has 0 atom stereocenters. The van der Waals surface area contributed by atoms with Gasteiger partial charge in [-0.2, -0.15) is 0 Å². The van der Waals surface area contributed by atoms with Crippen molar-refractivity contribution in [1.82, 2.24) is 9.80 Å². The Morgan fingerprint density at radius 3 is 2.52 bits per heavy atom. The van der Waals surface area contributed by atoms with Gasteiger partial charge in [-0.05, 0) is 66.8 Å². The molecule has 0 aliphatic carbocycles. The number of methoxy groups -OCH3 is 1. The lowest BCUT2D eigenvalue weighted by Gasteiger charge is -2.22. The topological polar surface area (TPSA) is 88.3 Å². The normalized spacial score (nSPS) is 16.3. The van der Waals surface area contributed by atoms with E-state index in [2.05, 4.69) is 23.7 Å². The van der Waals surface area contributed by atoms with Crippen LogP contribution in [-0.4, -0.2) is 59.1 Å². The molecule has 174 valence electrons. The molecule has 1 aliphatic heterocycles. The Bertz CT molecular complexity index is 1080. The number of likely N-dealkylation sites (N-methyl/N-ethyl adjacent to an activating group) is 1. The average molecular weight is 489 g/mol. The van der Waals surface area contributed by atoms with Crippen LogP contribution in [0, 0.1) is 10.1 Å². The number of nitrogens with zero attached hydrogens (tertiary/aromatic N) is 4. The molecule has 0 bridgehead atoms. The van der Waals surface area contributed by atoms with E-state index >= 15 is 0 Å². The number of benzene rings is 2. The van der Waals surface area contributed by atoms with Crippen molar-refractivity contribution in [1.29, 1.82) is 0 Å². The Kier molecular flexibility index (Phi) is 8.49. The van der Waals surface area contributed by atoms with Crippen LogP contribution in [0.4, 0.5) is 11.4 Å². The lowest BCUT2D eigenvalue weighted by atomic mass is 10.2. The number of nitro benzene ring substituents is 1.